The van der Waals surface area contributed by atoms with E-state index >= 15 is 0 Å². The second kappa shape index (κ2) is 8.30. The van der Waals surface area contributed by atoms with Crippen LogP contribution in [0.3, 0.4) is 0 Å². The van der Waals surface area contributed by atoms with Crippen LogP contribution < -0.4 is 4.90 Å². The van der Waals surface area contributed by atoms with E-state index in [-0.39, 0.29) is 0 Å². The van der Waals surface area contributed by atoms with E-state index in [2.05, 4.69) is 45.1 Å². The zero-order chi connectivity index (χ0) is 21.5. The van der Waals surface area contributed by atoms with Crippen molar-refractivity contribution < 1.29 is 0 Å². The highest BCUT2D eigenvalue weighted by atomic mass is 32.1. The van der Waals surface area contributed by atoms with E-state index < -0.39 is 0 Å². The lowest BCUT2D eigenvalue weighted by Crippen LogP contribution is -2.49. The van der Waals surface area contributed by atoms with Gasteiger partial charge in [-0.15, -0.1) is 11.3 Å². The standard InChI is InChI=1S/C25H28N6S/c1-17-23(27-25(32-17)24-20-8-4-5-9-21(20)28-29-24)18-10-11-22(26-16-18)31-14-12-30(13-15-31)19-6-2-3-7-19/h4-5,8-11,16,19H,2-3,6-7,12-15H2,1H3,(H,28,29). The fourth-order valence-corrected chi connectivity index (χ4v) is 6.13. The molecule has 164 valence electrons. The molecule has 7 heteroatoms. The second-order valence-corrected chi connectivity index (χ2v) is 10.1. The Morgan fingerprint density at radius 1 is 0.969 bits per heavy atom. The number of aryl methyl sites for hydroxylation is 1. The first-order chi connectivity index (χ1) is 15.8. The number of para-hydroxylation sites is 1. The Labute approximate surface area is 192 Å². The lowest BCUT2D eigenvalue weighted by molar-refractivity contribution is 0.187. The molecule has 1 saturated heterocycles. The third kappa shape index (κ3) is 3.59. The summed E-state index contributed by atoms with van der Waals surface area (Å²) < 4.78 is 0. The lowest BCUT2D eigenvalue weighted by Gasteiger charge is -2.38. The van der Waals surface area contributed by atoms with Gasteiger partial charge >= 0.3 is 0 Å². The van der Waals surface area contributed by atoms with E-state index in [1.54, 1.807) is 11.3 Å². The number of hydrogen-bond acceptors (Lipinski definition) is 6. The molecule has 1 aliphatic heterocycles. The number of benzene rings is 1. The molecule has 6 rings (SSSR count). The van der Waals surface area contributed by atoms with Gasteiger partial charge in [0.05, 0.1) is 11.2 Å². The molecule has 3 aromatic heterocycles. The van der Waals surface area contributed by atoms with Gasteiger partial charge in [0.2, 0.25) is 0 Å². The summed E-state index contributed by atoms with van der Waals surface area (Å²) in [7, 11) is 0. The number of thiazole rings is 1. The number of pyridine rings is 1. The monoisotopic (exact) mass is 444 g/mol. The number of rotatable bonds is 4. The Kier molecular flexibility index (Phi) is 5.15. The Morgan fingerprint density at radius 2 is 1.78 bits per heavy atom. The van der Waals surface area contributed by atoms with Gasteiger partial charge in [-0.05, 0) is 38.0 Å². The molecule has 0 radical (unpaired) electrons. The second-order valence-electron chi connectivity index (χ2n) is 8.91. The molecule has 4 heterocycles. The smallest absolute Gasteiger partial charge is 0.145 e. The van der Waals surface area contributed by atoms with E-state index in [9.17, 15) is 0 Å². The van der Waals surface area contributed by atoms with Crippen LogP contribution >= 0.6 is 11.3 Å². The van der Waals surface area contributed by atoms with E-state index in [1.807, 2.05) is 24.4 Å². The first-order valence-electron chi connectivity index (χ1n) is 11.6. The molecule has 32 heavy (non-hydrogen) atoms. The van der Waals surface area contributed by atoms with E-state index in [4.69, 9.17) is 9.97 Å². The van der Waals surface area contributed by atoms with Crippen LogP contribution in [0.15, 0.2) is 42.6 Å². The van der Waals surface area contributed by atoms with Crippen LogP contribution in [0.4, 0.5) is 5.82 Å². The highest BCUT2D eigenvalue weighted by Gasteiger charge is 2.26. The predicted octanol–water partition coefficient (Wildman–Crippen LogP) is 5.12. The normalized spacial score (nSPS) is 18.1. The van der Waals surface area contributed by atoms with E-state index in [0.29, 0.717) is 0 Å². The van der Waals surface area contributed by atoms with Crippen LogP contribution in [-0.2, 0) is 0 Å². The number of fused-ring (bicyclic) bond motifs is 1. The van der Waals surface area contributed by atoms with Crippen molar-refractivity contribution in [2.45, 2.75) is 38.6 Å². The number of anilines is 1. The van der Waals surface area contributed by atoms with Gasteiger partial charge in [0.15, 0.2) is 0 Å². The molecule has 0 amide bonds. The van der Waals surface area contributed by atoms with Crippen LogP contribution in [-0.4, -0.2) is 57.3 Å². The summed E-state index contributed by atoms with van der Waals surface area (Å²) in [5.74, 6) is 1.08. The molecular formula is C25H28N6S. The molecule has 0 spiro atoms. The zero-order valence-electron chi connectivity index (χ0n) is 18.4. The average Bonchev–Trinajstić information content (AvgIpc) is 3.59. The van der Waals surface area contributed by atoms with Crippen molar-refractivity contribution in [1.29, 1.82) is 0 Å². The highest BCUT2D eigenvalue weighted by molar-refractivity contribution is 7.15. The summed E-state index contributed by atoms with van der Waals surface area (Å²) in [4.78, 5) is 16.1. The van der Waals surface area contributed by atoms with Gasteiger partial charge in [-0.1, -0.05) is 31.0 Å². The molecule has 1 aromatic carbocycles. The van der Waals surface area contributed by atoms with Crippen LogP contribution in [0.1, 0.15) is 30.6 Å². The molecule has 4 aromatic rings. The molecule has 2 fully saturated rings. The third-order valence-electron chi connectivity index (χ3n) is 6.97. The first-order valence-corrected chi connectivity index (χ1v) is 12.4. The molecule has 1 aliphatic carbocycles. The summed E-state index contributed by atoms with van der Waals surface area (Å²) >= 11 is 1.69. The molecule has 0 atom stereocenters. The molecular weight excluding hydrogens is 416 g/mol. The summed E-state index contributed by atoms with van der Waals surface area (Å²) in [6, 6.07) is 13.3. The quantitative estimate of drug-likeness (QED) is 0.473. The van der Waals surface area contributed by atoms with Crippen molar-refractivity contribution in [3.63, 3.8) is 0 Å². The summed E-state index contributed by atoms with van der Waals surface area (Å²) in [5.41, 5.74) is 4.03. The van der Waals surface area contributed by atoms with Gasteiger partial charge in [0.1, 0.15) is 16.5 Å². The van der Waals surface area contributed by atoms with Crippen molar-refractivity contribution in [3.05, 3.63) is 47.5 Å². The van der Waals surface area contributed by atoms with E-state index in [1.165, 1.54) is 30.6 Å². The Balaban J connectivity index is 1.19. The molecule has 2 aliphatic rings. The summed E-state index contributed by atoms with van der Waals surface area (Å²) in [6.07, 6.45) is 7.56. The Hall–Kier alpha value is -2.77. The number of nitrogens with zero attached hydrogens (tertiary/aromatic N) is 5. The molecule has 1 saturated carbocycles. The minimum atomic E-state index is 0.820. The number of H-pyrrole nitrogens is 1. The maximum Gasteiger partial charge on any atom is 0.145 e. The average molecular weight is 445 g/mol. The van der Waals surface area contributed by atoms with Gasteiger partial charge in [0, 0.05) is 54.2 Å². The highest BCUT2D eigenvalue weighted by Crippen LogP contribution is 2.35. The van der Waals surface area contributed by atoms with Crippen molar-refractivity contribution in [2.75, 3.05) is 31.1 Å². The van der Waals surface area contributed by atoms with Crippen molar-refractivity contribution in [1.82, 2.24) is 25.1 Å². The van der Waals surface area contributed by atoms with Crippen LogP contribution in [0, 0.1) is 6.92 Å². The van der Waals surface area contributed by atoms with Crippen LogP contribution in [0.5, 0.6) is 0 Å². The molecule has 1 N–H and O–H groups in total. The summed E-state index contributed by atoms with van der Waals surface area (Å²) in [5, 5.41) is 9.69. The SMILES string of the molecule is Cc1sc(-c2n[nH]c3ccccc23)nc1-c1ccc(N2CCN(C3CCCC3)CC2)nc1. The predicted molar refractivity (Wildman–Crippen MR) is 131 cm³/mol. The van der Waals surface area contributed by atoms with Crippen molar-refractivity contribution in [2.24, 2.45) is 0 Å². The maximum absolute atomic E-state index is 4.94. The first kappa shape index (κ1) is 19.9. The third-order valence-corrected chi connectivity index (χ3v) is 7.95. The van der Waals surface area contributed by atoms with Crippen molar-refractivity contribution in [3.8, 4) is 22.0 Å². The van der Waals surface area contributed by atoms with Gasteiger partial charge in [-0.3, -0.25) is 10.00 Å². The van der Waals surface area contributed by atoms with Gasteiger partial charge in [0.25, 0.3) is 0 Å². The minimum Gasteiger partial charge on any atom is -0.354 e. The summed E-state index contributed by atoms with van der Waals surface area (Å²) in [6.45, 7) is 6.56. The fraction of sp³-hybridized carbons (Fsp3) is 0.400. The number of aromatic amines is 1. The Bertz CT molecular complexity index is 1210. The number of hydrogen-bond donors (Lipinski definition) is 1. The van der Waals surface area contributed by atoms with Crippen LogP contribution in [0.2, 0.25) is 0 Å². The van der Waals surface area contributed by atoms with Crippen molar-refractivity contribution >= 4 is 28.1 Å². The fourth-order valence-electron chi connectivity index (χ4n) is 5.19. The minimum absolute atomic E-state index is 0.820. The maximum atomic E-state index is 4.94. The van der Waals surface area contributed by atoms with Gasteiger partial charge < -0.3 is 4.90 Å². The topological polar surface area (TPSA) is 60.9 Å². The van der Waals surface area contributed by atoms with E-state index in [0.717, 1.165) is 70.9 Å². The van der Waals surface area contributed by atoms with Crippen LogP contribution in [0.25, 0.3) is 32.9 Å². The lowest BCUT2D eigenvalue weighted by atomic mass is 10.1. The molecule has 0 unspecified atom stereocenters. The van der Waals surface area contributed by atoms with Gasteiger partial charge in [-0.2, -0.15) is 5.10 Å². The molecule has 6 nitrogen and oxygen atoms in total. The Morgan fingerprint density at radius 3 is 2.56 bits per heavy atom. The number of nitrogens with one attached hydrogen (secondary N) is 1. The largest absolute Gasteiger partial charge is 0.354 e. The number of aromatic nitrogens is 4. The number of piperazine rings is 1. The molecule has 0 bridgehead atoms. The van der Waals surface area contributed by atoms with Gasteiger partial charge in [-0.25, -0.2) is 9.97 Å². The zero-order valence-corrected chi connectivity index (χ0v) is 19.2.